The van der Waals surface area contributed by atoms with Crippen molar-refractivity contribution >= 4 is 32.9 Å². The third kappa shape index (κ3) is 3.15. The Bertz CT molecular complexity index is 1720. The van der Waals surface area contributed by atoms with E-state index in [0.717, 1.165) is 47.2 Å². The molecular formula is C31H29N5. The molecule has 0 spiro atoms. The molecule has 0 bridgehead atoms. The Morgan fingerprint density at radius 2 is 1.56 bits per heavy atom. The van der Waals surface area contributed by atoms with Gasteiger partial charge in [-0.2, -0.15) is 10.2 Å². The zero-order chi connectivity index (χ0) is 24.6. The van der Waals surface area contributed by atoms with Gasteiger partial charge in [0.2, 0.25) is 0 Å². The number of aliphatic imine (C=N–C) groups is 1. The van der Waals surface area contributed by atoms with Crippen LogP contribution in [0.4, 0.5) is 5.69 Å². The Balaban J connectivity index is 1.36. The largest absolute Gasteiger partial charge is 0.345 e. The number of nitrogens with one attached hydrogen (secondary N) is 1. The molecule has 0 radical (unpaired) electrons. The fourth-order valence-corrected chi connectivity index (χ4v) is 5.81. The summed E-state index contributed by atoms with van der Waals surface area (Å²) in [6, 6.07) is 13.7. The van der Waals surface area contributed by atoms with Gasteiger partial charge in [0.25, 0.3) is 0 Å². The van der Waals surface area contributed by atoms with Crippen molar-refractivity contribution in [2.45, 2.75) is 52.9 Å². The van der Waals surface area contributed by atoms with E-state index in [1.807, 2.05) is 12.4 Å². The number of rotatable bonds is 3. The van der Waals surface area contributed by atoms with Crippen LogP contribution in [0.2, 0.25) is 0 Å². The van der Waals surface area contributed by atoms with Crippen molar-refractivity contribution in [1.82, 2.24) is 20.2 Å². The summed E-state index contributed by atoms with van der Waals surface area (Å²) in [7, 11) is 0. The number of aryl methyl sites for hydroxylation is 2. The first-order valence-corrected chi connectivity index (χ1v) is 13.0. The number of imidazole rings is 1. The Morgan fingerprint density at radius 1 is 0.778 bits per heavy atom. The minimum atomic E-state index is 0.402. The number of nitrogens with zero attached hydrogens (tertiary/aromatic N) is 4. The molecule has 5 heteroatoms. The van der Waals surface area contributed by atoms with Crippen LogP contribution in [0.1, 0.15) is 56.3 Å². The van der Waals surface area contributed by atoms with Crippen molar-refractivity contribution in [2.24, 2.45) is 10.9 Å². The quantitative estimate of drug-likeness (QED) is 0.280. The first kappa shape index (κ1) is 21.4. The molecule has 7 rings (SSSR count). The van der Waals surface area contributed by atoms with Crippen LogP contribution >= 0.6 is 0 Å². The molecule has 0 unspecified atom stereocenters. The monoisotopic (exact) mass is 471 g/mol. The number of benzene rings is 3. The molecule has 0 fully saturated rings. The Hall–Kier alpha value is -3.86. The molecule has 0 saturated carbocycles. The molecule has 36 heavy (non-hydrogen) atoms. The third-order valence-corrected chi connectivity index (χ3v) is 7.87. The maximum absolute atomic E-state index is 5.03. The summed E-state index contributed by atoms with van der Waals surface area (Å²) in [5, 5.41) is 13.1. The number of aromatic nitrogens is 4. The van der Waals surface area contributed by atoms with Crippen molar-refractivity contribution in [3.05, 3.63) is 71.4 Å². The summed E-state index contributed by atoms with van der Waals surface area (Å²) in [4.78, 5) is 13.5. The maximum Gasteiger partial charge on any atom is 0.109 e. The highest BCUT2D eigenvalue weighted by Gasteiger charge is 2.24. The SMILES string of the molecule is CC(C)C1=Nc2c(c3ccc(-c4ccc5c(c4)CCc4[nH]c(C(C)C)nc4-5)cc3c3cnncc23)C1. The van der Waals surface area contributed by atoms with Gasteiger partial charge in [0.05, 0.1) is 23.8 Å². The van der Waals surface area contributed by atoms with E-state index in [2.05, 4.69) is 79.3 Å². The average Bonchev–Trinajstić information content (AvgIpc) is 3.54. The van der Waals surface area contributed by atoms with E-state index >= 15 is 0 Å². The molecule has 0 atom stereocenters. The zero-order valence-electron chi connectivity index (χ0n) is 21.2. The number of hydrogen-bond donors (Lipinski definition) is 1. The Morgan fingerprint density at radius 3 is 2.36 bits per heavy atom. The maximum atomic E-state index is 5.03. The molecule has 178 valence electrons. The molecule has 3 aromatic carbocycles. The van der Waals surface area contributed by atoms with Gasteiger partial charge >= 0.3 is 0 Å². The number of hydrogen-bond acceptors (Lipinski definition) is 4. The molecule has 0 amide bonds. The van der Waals surface area contributed by atoms with E-state index < -0.39 is 0 Å². The fraction of sp³-hybridized carbons (Fsp3) is 0.290. The Kier molecular flexibility index (Phi) is 4.65. The van der Waals surface area contributed by atoms with E-state index in [9.17, 15) is 0 Å². The van der Waals surface area contributed by atoms with Crippen LogP contribution in [0.5, 0.6) is 0 Å². The van der Waals surface area contributed by atoms with Crippen LogP contribution < -0.4 is 0 Å². The van der Waals surface area contributed by atoms with E-state index in [0.29, 0.717) is 11.8 Å². The standard InChI is InChI=1S/C31H29N5/c1-16(2)28-13-24-22-9-6-19(12-23(22)25-14-32-33-15-26(25)29(24)34-28)18-5-8-21-20(11-18)7-10-27-30(21)36-31(35-27)17(3)4/h5-6,8-9,11-12,14-17H,7,10,13H2,1-4H3,(H,35,36). The minimum absolute atomic E-state index is 0.402. The summed E-state index contributed by atoms with van der Waals surface area (Å²) in [6.07, 6.45) is 6.72. The lowest BCUT2D eigenvalue weighted by Gasteiger charge is -2.17. The molecule has 2 aromatic heterocycles. The van der Waals surface area contributed by atoms with Gasteiger partial charge in [0, 0.05) is 40.1 Å². The minimum Gasteiger partial charge on any atom is -0.345 e. The molecule has 5 aromatic rings. The van der Waals surface area contributed by atoms with Crippen molar-refractivity contribution in [3.8, 4) is 22.4 Å². The van der Waals surface area contributed by atoms with E-state index in [1.54, 1.807) is 0 Å². The topological polar surface area (TPSA) is 66.8 Å². The van der Waals surface area contributed by atoms with Crippen molar-refractivity contribution in [2.75, 3.05) is 0 Å². The van der Waals surface area contributed by atoms with Crippen molar-refractivity contribution < 1.29 is 0 Å². The van der Waals surface area contributed by atoms with Gasteiger partial charge in [0.1, 0.15) is 5.82 Å². The van der Waals surface area contributed by atoms with E-state index in [1.165, 1.54) is 50.0 Å². The average molecular weight is 472 g/mol. The lowest BCUT2D eigenvalue weighted by molar-refractivity contribution is 0.787. The molecule has 1 aliphatic heterocycles. The number of H-pyrrole nitrogens is 1. The molecule has 1 aliphatic carbocycles. The van der Waals surface area contributed by atoms with Crippen LogP contribution in [0, 0.1) is 5.92 Å². The molecule has 5 nitrogen and oxygen atoms in total. The van der Waals surface area contributed by atoms with Gasteiger partial charge in [0.15, 0.2) is 0 Å². The lowest BCUT2D eigenvalue weighted by Crippen LogP contribution is -2.06. The highest BCUT2D eigenvalue weighted by atomic mass is 15.1. The van der Waals surface area contributed by atoms with Crippen LogP contribution in [0.15, 0.2) is 53.8 Å². The predicted molar refractivity (Wildman–Crippen MR) is 147 cm³/mol. The second-order valence-corrected chi connectivity index (χ2v) is 10.8. The van der Waals surface area contributed by atoms with E-state index in [4.69, 9.17) is 9.98 Å². The van der Waals surface area contributed by atoms with Crippen LogP contribution in [-0.4, -0.2) is 25.9 Å². The highest BCUT2D eigenvalue weighted by Crippen LogP contribution is 2.43. The van der Waals surface area contributed by atoms with Gasteiger partial charge in [-0.05, 0) is 57.9 Å². The first-order chi connectivity index (χ1) is 17.5. The highest BCUT2D eigenvalue weighted by molar-refractivity contribution is 6.18. The zero-order valence-corrected chi connectivity index (χ0v) is 21.2. The third-order valence-electron chi connectivity index (χ3n) is 7.87. The molecule has 2 aliphatic rings. The summed E-state index contributed by atoms with van der Waals surface area (Å²) >= 11 is 0. The molecule has 0 saturated heterocycles. The second-order valence-electron chi connectivity index (χ2n) is 10.8. The summed E-state index contributed by atoms with van der Waals surface area (Å²) in [6.45, 7) is 8.82. The first-order valence-electron chi connectivity index (χ1n) is 13.0. The number of aromatic amines is 1. The van der Waals surface area contributed by atoms with Crippen LogP contribution in [0.3, 0.4) is 0 Å². The van der Waals surface area contributed by atoms with Gasteiger partial charge in [-0.3, -0.25) is 4.99 Å². The molecular weight excluding hydrogens is 442 g/mol. The van der Waals surface area contributed by atoms with Crippen molar-refractivity contribution in [3.63, 3.8) is 0 Å². The van der Waals surface area contributed by atoms with Gasteiger partial charge in [-0.25, -0.2) is 4.98 Å². The molecule has 1 N–H and O–H groups in total. The lowest BCUT2D eigenvalue weighted by atomic mass is 9.88. The van der Waals surface area contributed by atoms with Crippen LogP contribution in [-0.2, 0) is 19.3 Å². The van der Waals surface area contributed by atoms with E-state index in [-0.39, 0.29) is 0 Å². The summed E-state index contributed by atoms with van der Waals surface area (Å²) in [5.74, 6) is 1.91. The smallest absolute Gasteiger partial charge is 0.109 e. The summed E-state index contributed by atoms with van der Waals surface area (Å²) < 4.78 is 0. The van der Waals surface area contributed by atoms with Gasteiger partial charge in [-0.15, -0.1) is 0 Å². The fourth-order valence-electron chi connectivity index (χ4n) is 5.81. The normalized spacial score (nSPS) is 14.4. The van der Waals surface area contributed by atoms with Gasteiger partial charge in [-0.1, -0.05) is 58.0 Å². The number of fused-ring (bicyclic) bond motifs is 9. The molecule has 3 heterocycles. The Labute approximate surface area is 210 Å². The second kappa shape index (κ2) is 7.82. The summed E-state index contributed by atoms with van der Waals surface area (Å²) in [5.41, 5.74) is 11.2. The predicted octanol–water partition coefficient (Wildman–Crippen LogP) is 7.35. The van der Waals surface area contributed by atoms with Crippen LogP contribution in [0.25, 0.3) is 43.9 Å². The van der Waals surface area contributed by atoms with Crippen molar-refractivity contribution in [1.29, 1.82) is 0 Å². The van der Waals surface area contributed by atoms with Gasteiger partial charge < -0.3 is 4.98 Å².